The molecule has 0 bridgehead atoms. The van der Waals surface area contributed by atoms with Gasteiger partial charge in [0.2, 0.25) is 0 Å². The molecule has 0 radical (unpaired) electrons. The Hall–Kier alpha value is -2.34. The number of benzene rings is 1. The van der Waals surface area contributed by atoms with E-state index in [-0.39, 0.29) is 0 Å². The monoisotopic (exact) mass is 252 g/mol. The Morgan fingerprint density at radius 2 is 2.00 bits per heavy atom. The van der Waals surface area contributed by atoms with E-state index in [1.165, 1.54) is 0 Å². The van der Waals surface area contributed by atoms with Crippen molar-refractivity contribution in [1.82, 2.24) is 4.98 Å². The van der Waals surface area contributed by atoms with Crippen LogP contribution < -0.4 is 4.74 Å². The number of ether oxygens (including phenoxy) is 1. The lowest BCUT2D eigenvalue weighted by atomic mass is 9.93. The van der Waals surface area contributed by atoms with Gasteiger partial charge in [-0.05, 0) is 41.3 Å². The summed E-state index contributed by atoms with van der Waals surface area (Å²) in [7, 11) is 1.64. The zero-order valence-corrected chi connectivity index (χ0v) is 11.3. The van der Waals surface area contributed by atoms with Gasteiger partial charge < -0.3 is 4.74 Å². The van der Waals surface area contributed by atoms with E-state index >= 15 is 0 Å². The van der Waals surface area contributed by atoms with Gasteiger partial charge in [0.1, 0.15) is 5.75 Å². The molecule has 96 valence electrons. The number of rotatable bonds is 3. The normalized spacial score (nSPS) is 10.3. The van der Waals surface area contributed by atoms with Crippen LogP contribution in [0.15, 0.2) is 36.7 Å². The summed E-state index contributed by atoms with van der Waals surface area (Å²) in [5.74, 6) is 1.13. The minimum atomic E-state index is 0.360. The largest absolute Gasteiger partial charge is 0.496 e. The molecule has 3 nitrogen and oxygen atoms in total. The molecular weight excluding hydrogens is 236 g/mol. The summed E-state index contributed by atoms with van der Waals surface area (Å²) >= 11 is 0. The topological polar surface area (TPSA) is 45.9 Å². The van der Waals surface area contributed by atoms with Crippen molar-refractivity contribution in [2.45, 2.75) is 19.8 Å². The Labute approximate surface area is 113 Å². The molecule has 19 heavy (non-hydrogen) atoms. The smallest absolute Gasteiger partial charge is 0.126 e. The van der Waals surface area contributed by atoms with Gasteiger partial charge in [0, 0.05) is 18.0 Å². The maximum Gasteiger partial charge on any atom is 0.126 e. The van der Waals surface area contributed by atoms with E-state index in [0.717, 1.165) is 22.4 Å². The van der Waals surface area contributed by atoms with E-state index in [1.807, 2.05) is 24.4 Å². The first kappa shape index (κ1) is 13.1. The Balaban J connectivity index is 2.67. The lowest BCUT2D eigenvalue weighted by molar-refractivity contribution is 0.416. The molecule has 0 amide bonds. The van der Waals surface area contributed by atoms with Crippen LogP contribution in [0.4, 0.5) is 0 Å². The molecule has 0 unspecified atom stereocenters. The molecule has 0 atom stereocenters. The zero-order chi connectivity index (χ0) is 13.8. The summed E-state index contributed by atoms with van der Waals surface area (Å²) in [5.41, 5.74) is 3.78. The fourth-order valence-electron chi connectivity index (χ4n) is 2.10. The highest BCUT2D eigenvalue weighted by molar-refractivity contribution is 5.74. The number of nitriles is 1. The Morgan fingerprint density at radius 1 is 1.21 bits per heavy atom. The van der Waals surface area contributed by atoms with Gasteiger partial charge in [-0.15, -0.1) is 0 Å². The highest BCUT2D eigenvalue weighted by atomic mass is 16.5. The third-order valence-corrected chi connectivity index (χ3v) is 3.09. The Morgan fingerprint density at radius 3 is 2.63 bits per heavy atom. The lowest BCUT2D eigenvalue weighted by Crippen LogP contribution is -1.96. The van der Waals surface area contributed by atoms with Gasteiger partial charge in [-0.2, -0.15) is 5.26 Å². The molecule has 0 saturated carbocycles. The Kier molecular flexibility index (Phi) is 3.82. The molecule has 0 N–H and O–H groups in total. The van der Waals surface area contributed by atoms with Crippen LogP contribution in [0.2, 0.25) is 0 Å². The summed E-state index contributed by atoms with van der Waals surface area (Å²) in [5, 5.41) is 9.05. The predicted octanol–water partition coefficient (Wildman–Crippen LogP) is 3.75. The van der Waals surface area contributed by atoms with Crippen molar-refractivity contribution < 1.29 is 4.74 Å². The average molecular weight is 252 g/mol. The highest BCUT2D eigenvalue weighted by Gasteiger charge is 2.13. The zero-order valence-electron chi connectivity index (χ0n) is 11.3. The number of nitrogens with zero attached hydrogens (tertiary/aromatic N) is 2. The third-order valence-electron chi connectivity index (χ3n) is 3.09. The molecule has 0 spiro atoms. The fourth-order valence-corrected chi connectivity index (χ4v) is 2.10. The molecule has 1 aromatic heterocycles. The van der Waals surface area contributed by atoms with Crippen molar-refractivity contribution in [1.29, 1.82) is 5.26 Å². The van der Waals surface area contributed by atoms with Crippen molar-refractivity contribution >= 4 is 0 Å². The van der Waals surface area contributed by atoms with E-state index in [0.29, 0.717) is 11.5 Å². The molecule has 1 aromatic carbocycles. The van der Waals surface area contributed by atoms with E-state index < -0.39 is 0 Å². The van der Waals surface area contributed by atoms with E-state index in [1.54, 1.807) is 19.4 Å². The van der Waals surface area contributed by atoms with E-state index in [2.05, 4.69) is 24.9 Å². The first-order chi connectivity index (χ1) is 9.17. The van der Waals surface area contributed by atoms with Crippen LogP contribution in [0.1, 0.15) is 30.9 Å². The van der Waals surface area contributed by atoms with Crippen LogP contribution in [0.25, 0.3) is 11.1 Å². The van der Waals surface area contributed by atoms with Gasteiger partial charge in [-0.3, -0.25) is 4.98 Å². The van der Waals surface area contributed by atoms with Crippen molar-refractivity contribution in [2.24, 2.45) is 0 Å². The predicted molar refractivity (Wildman–Crippen MR) is 75.0 cm³/mol. The van der Waals surface area contributed by atoms with Gasteiger partial charge >= 0.3 is 0 Å². The fraction of sp³-hybridized carbons (Fsp3) is 0.250. The number of hydrogen-bond acceptors (Lipinski definition) is 3. The van der Waals surface area contributed by atoms with Crippen LogP contribution in [-0.2, 0) is 0 Å². The van der Waals surface area contributed by atoms with Crippen molar-refractivity contribution in [3.8, 4) is 22.9 Å². The van der Waals surface area contributed by atoms with E-state index in [4.69, 9.17) is 10.00 Å². The second-order valence-electron chi connectivity index (χ2n) is 4.64. The van der Waals surface area contributed by atoms with Gasteiger partial charge in [0.25, 0.3) is 0 Å². The minimum absolute atomic E-state index is 0.360. The number of pyridine rings is 1. The SMILES string of the molecule is COc1ccc(C#N)cc1-c1ccncc1C(C)C. The van der Waals surface area contributed by atoms with Gasteiger partial charge in [-0.25, -0.2) is 0 Å². The van der Waals surface area contributed by atoms with E-state index in [9.17, 15) is 0 Å². The summed E-state index contributed by atoms with van der Waals surface area (Å²) in [6.07, 6.45) is 3.64. The second-order valence-corrected chi connectivity index (χ2v) is 4.64. The minimum Gasteiger partial charge on any atom is -0.496 e. The summed E-state index contributed by atoms with van der Waals surface area (Å²) in [6.45, 7) is 4.25. The maximum absolute atomic E-state index is 9.05. The first-order valence-corrected chi connectivity index (χ1v) is 6.19. The maximum atomic E-state index is 9.05. The van der Waals surface area contributed by atoms with Crippen molar-refractivity contribution in [2.75, 3.05) is 7.11 Å². The molecule has 3 heteroatoms. The molecule has 0 aliphatic heterocycles. The molecule has 0 aliphatic carbocycles. The van der Waals surface area contributed by atoms with Gasteiger partial charge in [0.15, 0.2) is 0 Å². The van der Waals surface area contributed by atoms with Gasteiger partial charge in [0.05, 0.1) is 18.7 Å². The van der Waals surface area contributed by atoms with Crippen LogP contribution in [0.5, 0.6) is 5.75 Å². The average Bonchev–Trinajstić information content (AvgIpc) is 2.46. The van der Waals surface area contributed by atoms with Gasteiger partial charge in [-0.1, -0.05) is 13.8 Å². The second kappa shape index (κ2) is 5.53. The molecule has 0 aliphatic rings. The van der Waals surface area contributed by atoms with Crippen LogP contribution >= 0.6 is 0 Å². The summed E-state index contributed by atoms with van der Waals surface area (Å²) in [6, 6.07) is 9.59. The molecule has 1 heterocycles. The number of hydrogen-bond donors (Lipinski definition) is 0. The molecule has 0 fully saturated rings. The third kappa shape index (κ3) is 2.58. The molecular formula is C16H16N2O. The molecule has 2 aromatic rings. The quantitative estimate of drug-likeness (QED) is 0.835. The standard InChI is InChI=1S/C16H16N2O/c1-11(2)15-10-18-7-6-13(15)14-8-12(9-17)4-5-16(14)19-3/h4-8,10-11H,1-3H3. The van der Waals surface area contributed by atoms with Crippen molar-refractivity contribution in [3.63, 3.8) is 0 Å². The van der Waals surface area contributed by atoms with Crippen LogP contribution in [-0.4, -0.2) is 12.1 Å². The first-order valence-electron chi connectivity index (χ1n) is 6.19. The highest BCUT2D eigenvalue weighted by Crippen LogP contribution is 2.35. The lowest BCUT2D eigenvalue weighted by Gasteiger charge is -2.15. The number of methoxy groups -OCH3 is 1. The van der Waals surface area contributed by atoms with Crippen LogP contribution in [0.3, 0.4) is 0 Å². The molecule has 0 saturated heterocycles. The Bertz CT molecular complexity index is 627. The summed E-state index contributed by atoms with van der Waals surface area (Å²) in [4.78, 5) is 4.18. The summed E-state index contributed by atoms with van der Waals surface area (Å²) < 4.78 is 5.40. The van der Waals surface area contributed by atoms with Crippen LogP contribution in [0, 0.1) is 11.3 Å². The molecule has 2 rings (SSSR count). The van der Waals surface area contributed by atoms with Crippen molar-refractivity contribution in [3.05, 3.63) is 47.8 Å². The number of aromatic nitrogens is 1.